The van der Waals surface area contributed by atoms with Gasteiger partial charge in [0.1, 0.15) is 0 Å². The summed E-state index contributed by atoms with van der Waals surface area (Å²) in [6.07, 6.45) is -4.23. The van der Waals surface area contributed by atoms with E-state index in [-0.39, 0.29) is 16.5 Å². The van der Waals surface area contributed by atoms with E-state index in [4.69, 9.17) is 11.6 Å². The highest BCUT2D eigenvalue weighted by atomic mass is 35.5. The topological polar surface area (TPSA) is 58.2 Å². The fraction of sp³-hybridized carbons (Fsp3) is 0.500. The third kappa shape index (κ3) is 6.54. The number of hydrogen-bond acceptors (Lipinski definition) is 3. The van der Waals surface area contributed by atoms with Crippen LogP contribution in [0.15, 0.2) is 18.2 Å². The molecule has 0 aliphatic heterocycles. The van der Waals surface area contributed by atoms with Gasteiger partial charge in [0.25, 0.3) is 0 Å². The summed E-state index contributed by atoms with van der Waals surface area (Å²) in [6.45, 7) is 3.12. The minimum atomic E-state index is -4.59. The molecule has 0 aliphatic carbocycles. The third-order valence-corrected chi connectivity index (χ3v) is 4.11. The zero-order chi connectivity index (χ0) is 16.1. The lowest BCUT2D eigenvalue weighted by molar-refractivity contribution is -0.137. The normalized spacial score (nSPS) is 12.4. The van der Waals surface area contributed by atoms with E-state index in [1.807, 2.05) is 6.92 Å². The highest BCUT2D eigenvalue weighted by Gasteiger charge is 2.31. The number of alkyl halides is 3. The molecular formula is C12H16ClF3N2O2S. The Labute approximate surface area is 126 Å². The number of halogens is 4. The van der Waals surface area contributed by atoms with Gasteiger partial charge in [0.15, 0.2) is 0 Å². The van der Waals surface area contributed by atoms with Crippen molar-refractivity contribution in [1.29, 1.82) is 0 Å². The summed E-state index contributed by atoms with van der Waals surface area (Å²) in [4.78, 5) is 0. The molecule has 0 fully saturated rings. The van der Waals surface area contributed by atoms with E-state index < -0.39 is 21.8 Å². The van der Waals surface area contributed by atoms with Crippen LogP contribution in [0, 0.1) is 0 Å². The molecule has 4 nitrogen and oxygen atoms in total. The van der Waals surface area contributed by atoms with Gasteiger partial charge in [-0.3, -0.25) is 4.72 Å². The van der Waals surface area contributed by atoms with Gasteiger partial charge in [-0.25, -0.2) is 8.42 Å². The van der Waals surface area contributed by atoms with Crippen molar-refractivity contribution in [1.82, 2.24) is 5.32 Å². The Morgan fingerprint density at radius 3 is 2.48 bits per heavy atom. The monoisotopic (exact) mass is 344 g/mol. The molecule has 9 heteroatoms. The molecule has 0 radical (unpaired) electrons. The van der Waals surface area contributed by atoms with Crippen LogP contribution in [-0.4, -0.2) is 27.3 Å². The predicted molar refractivity (Wildman–Crippen MR) is 77.0 cm³/mol. The Bertz CT molecular complexity index is 576. The summed E-state index contributed by atoms with van der Waals surface area (Å²) in [6, 6.07) is 2.59. The molecule has 0 atom stereocenters. The molecule has 120 valence electrons. The molecule has 21 heavy (non-hydrogen) atoms. The summed E-state index contributed by atoms with van der Waals surface area (Å²) in [7, 11) is -3.71. The molecular weight excluding hydrogens is 329 g/mol. The van der Waals surface area contributed by atoms with Crippen LogP contribution in [0.2, 0.25) is 5.02 Å². The van der Waals surface area contributed by atoms with E-state index in [9.17, 15) is 21.6 Å². The molecule has 0 heterocycles. The number of hydrogen-bond donors (Lipinski definition) is 2. The Balaban J connectivity index is 2.80. The van der Waals surface area contributed by atoms with Crippen molar-refractivity contribution >= 4 is 27.3 Å². The van der Waals surface area contributed by atoms with Crippen molar-refractivity contribution in [2.45, 2.75) is 19.5 Å². The molecule has 0 saturated carbocycles. The molecule has 0 aliphatic rings. The highest BCUT2D eigenvalue weighted by molar-refractivity contribution is 7.92. The van der Waals surface area contributed by atoms with Gasteiger partial charge in [-0.1, -0.05) is 18.5 Å². The van der Waals surface area contributed by atoms with Gasteiger partial charge in [0.05, 0.1) is 17.0 Å². The maximum absolute atomic E-state index is 12.6. The summed E-state index contributed by atoms with van der Waals surface area (Å²) in [5.41, 5.74) is -1.20. The van der Waals surface area contributed by atoms with Crippen LogP contribution in [-0.2, 0) is 16.2 Å². The van der Waals surface area contributed by atoms with E-state index in [0.717, 1.165) is 18.7 Å². The summed E-state index contributed by atoms with van der Waals surface area (Å²) in [5, 5.41) is 2.78. The molecule has 0 amide bonds. The largest absolute Gasteiger partial charge is 0.416 e. The fourth-order valence-corrected chi connectivity index (χ4v) is 2.95. The zero-order valence-electron chi connectivity index (χ0n) is 11.3. The first-order chi connectivity index (χ1) is 9.64. The highest BCUT2D eigenvalue weighted by Crippen LogP contribution is 2.33. The first kappa shape index (κ1) is 18.1. The van der Waals surface area contributed by atoms with Gasteiger partial charge in [0, 0.05) is 5.02 Å². The number of anilines is 1. The second-order valence-electron chi connectivity index (χ2n) is 4.35. The van der Waals surface area contributed by atoms with Gasteiger partial charge in [-0.15, -0.1) is 0 Å². The number of sulfonamides is 1. The zero-order valence-corrected chi connectivity index (χ0v) is 12.9. The standard InChI is InChI=1S/C12H16ClF3N2O2S/c1-2-17-4-3-5-21(19,20)18-11-7-9(12(14,15)16)6-10(13)8-11/h6-8,17-18H,2-5H2,1H3. The first-order valence-electron chi connectivity index (χ1n) is 6.23. The van der Waals surface area contributed by atoms with E-state index in [1.165, 1.54) is 0 Å². The van der Waals surface area contributed by atoms with E-state index in [0.29, 0.717) is 19.0 Å². The van der Waals surface area contributed by atoms with Crippen molar-refractivity contribution < 1.29 is 21.6 Å². The van der Waals surface area contributed by atoms with Crippen LogP contribution in [0.1, 0.15) is 18.9 Å². The van der Waals surface area contributed by atoms with Gasteiger partial charge in [-0.2, -0.15) is 13.2 Å². The predicted octanol–water partition coefficient (Wildman–Crippen LogP) is 3.10. The number of nitrogens with one attached hydrogen (secondary N) is 2. The van der Waals surface area contributed by atoms with E-state index in [1.54, 1.807) is 0 Å². The average Bonchev–Trinajstić information content (AvgIpc) is 2.32. The van der Waals surface area contributed by atoms with Crippen molar-refractivity contribution in [2.75, 3.05) is 23.6 Å². The molecule has 2 N–H and O–H groups in total. The summed E-state index contributed by atoms with van der Waals surface area (Å²) >= 11 is 5.59. The number of rotatable bonds is 7. The summed E-state index contributed by atoms with van der Waals surface area (Å²) in [5.74, 6) is -0.187. The maximum atomic E-state index is 12.6. The minimum Gasteiger partial charge on any atom is -0.317 e. The SMILES string of the molecule is CCNCCCS(=O)(=O)Nc1cc(Cl)cc(C(F)(F)F)c1. The molecule has 0 unspecified atom stereocenters. The lowest BCUT2D eigenvalue weighted by Gasteiger charge is -2.12. The Hall–Kier alpha value is -0.990. The number of benzene rings is 1. The van der Waals surface area contributed by atoms with Crippen molar-refractivity contribution in [3.05, 3.63) is 28.8 Å². The molecule has 0 spiro atoms. The lowest BCUT2D eigenvalue weighted by atomic mass is 10.2. The van der Waals surface area contributed by atoms with Crippen LogP contribution < -0.4 is 10.0 Å². The summed E-state index contributed by atoms with van der Waals surface area (Å²) < 4.78 is 63.5. The second-order valence-corrected chi connectivity index (χ2v) is 6.63. The van der Waals surface area contributed by atoms with E-state index >= 15 is 0 Å². The van der Waals surface area contributed by atoms with Crippen molar-refractivity contribution in [2.24, 2.45) is 0 Å². The smallest absolute Gasteiger partial charge is 0.317 e. The Kier molecular flexibility index (Phi) is 6.30. The van der Waals surface area contributed by atoms with Gasteiger partial charge in [0.2, 0.25) is 10.0 Å². The second kappa shape index (κ2) is 7.33. The lowest BCUT2D eigenvalue weighted by Crippen LogP contribution is -2.22. The van der Waals surface area contributed by atoms with E-state index in [2.05, 4.69) is 10.0 Å². The van der Waals surface area contributed by atoms with Gasteiger partial charge >= 0.3 is 6.18 Å². The van der Waals surface area contributed by atoms with Crippen LogP contribution in [0.4, 0.5) is 18.9 Å². The van der Waals surface area contributed by atoms with Gasteiger partial charge in [-0.05, 0) is 37.7 Å². The average molecular weight is 345 g/mol. The quantitative estimate of drug-likeness (QED) is 0.747. The van der Waals surface area contributed by atoms with Crippen LogP contribution >= 0.6 is 11.6 Å². The van der Waals surface area contributed by atoms with Crippen LogP contribution in [0.25, 0.3) is 0 Å². The molecule has 0 saturated heterocycles. The Morgan fingerprint density at radius 1 is 1.24 bits per heavy atom. The van der Waals surface area contributed by atoms with Crippen LogP contribution in [0.5, 0.6) is 0 Å². The first-order valence-corrected chi connectivity index (χ1v) is 8.26. The van der Waals surface area contributed by atoms with Crippen molar-refractivity contribution in [3.8, 4) is 0 Å². The molecule has 1 rings (SSSR count). The minimum absolute atomic E-state index is 0.185. The van der Waals surface area contributed by atoms with Crippen molar-refractivity contribution in [3.63, 3.8) is 0 Å². The van der Waals surface area contributed by atoms with Crippen LogP contribution in [0.3, 0.4) is 0 Å². The molecule has 1 aromatic carbocycles. The molecule has 0 aromatic heterocycles. The molecule has 0 bridgehead atoms. The Morgan fingerprint density at radius 2 is 1.90 bits per heavy atom. The third-order valence-electron chi connectivity index (χ3n) is 2.52. The van der Waals surface area contributed by atoms with Gasteiger partial charge < -0.3 is 5.32 Å². The maximum Gasteiger partial charge on any atom is 0.416 e. The fourth-order valence-electron chi connectivity index (χ4n) is 1.61. The molecule has 1 aromatic rings.